The smallest absolute Gasteiger partial charge is 0.332 e. The highest BCUT2D eigenvalue weighted by Crippen LogP contribution is 2.09. The minimum atomic E-state index is -1.50. The van der Waals surface area contributed by atoms with Gasteiger partial charge >= 0.3 is 11.9 Å². The number of hydrogen-bond donors (Lipinski definition) is 2. The highest BCUT2D eigenvalue weighted by Gasteiger charge is 2.37. The molecule has 1 rings (SSSR count). The third-order valence-corrected chi connectivity index (χ3v) is 2.50. The van der Waals surface area contributed by atoms with Crippen molar-refractivity contribution in [1.82, 2.24) is 4.90 Å². The molecule has 0 saturated carbocycles. The van der Waals surface area contributed by atoms with E-state index in [0.29, 0.717) is 0 Å². The molecule has 3 N–H and O–H groups in total. The summed E-state index contributed by atoms with van der Waals surface area (Å²) in [5.74, 6) is -2.82. The number of amides is 1. The van der Waals surface area contributed by atoms with Crippen molar-refractivity contribution in [2.24, 2.45) is 5.73 Å². The molecule has 2 atom stereocenters. The van der Waals surface area contributed by atoms with Gasteiger partial charge in [0.15, 0.2) is 12.1 Å². The summed E-state index contributed by atoms with van der Waals surface area (Å²) in [6.07, 6.45) is 0. The molecule has 0 spiro atoms. The van der Waals surface area contributed by atoms with Gasteiger partial charge in [0, 0.05) is 6.54 Å². The molecular formula is C10H16N2O6. The van der Waals surface area contributed by atoms with Crippen LogP contribution in [0.5, 0.6) is 0 Å². The Hall–Kier alpha value is -1.67. The quantitative estimate of drug-likeness (QED) is 0.451. The molecule has 1 heterocycles. The SMILES string of the molecule is CCOC(=O)C(N)C(=O)N1CCOCC1C(=O)O. The Bertz CT molecular complexity index is 345. The number of nitrogens with two attached hydrogens (primary N) is 1. The van der Waals surface area contributed by atoms with E-state index in [-0.39, 0.29) is 26.4 Å². The highest BCUT2D eigenvalue weighted by molar-refractivity contribution is 6.02. The van der Waals surface area contributed by atoms with Crippen LogP contribution in [0.3, 0.4) is 0 Å². The predicted molar refractivity (Wildman–Crippen MR) is 58.6 cm³/mol. The molecule has 8 heteroatoms. The number of ether oxygens (including phenoxy) is 2. The van der Waals surface area contributed by atoms with E-state index in [1.54, 1.807) is 6.92 Å². The second kappa shape index (κ2) is 6.31. The van der Waals surface area contributed by atoms with Crippen LogP contribution >= 0.6 is 0 Å². The molecule has 1 saturated heterocycles. The molecule has 8 nitrogen and oxygen atoms in total. The van der Waals surface area contributed by atoms with Crippen molar-refractivity contribution in [3.8, 4) is 0 Å². The maximum atomic E-state index is 11.9. The number of carbonyl (C=O) groups is 3. The van der Waals surface area contributed by atoms with Crippen LogP contribution in [0, 0.1) is 0 Å². The van der Waals surface area contributed by atoms with Gasteiger partial charge in [0.25, 0.3) is 5.91 Å². The van der Waals surface area contributed by atoms with Gasteiger partial charge in [-0.2, -0.15) is 0 Å². The zero-order valence-electron chi connectivity index (χ0n) is 10.00. The summed E-state index contributed by atoms with van der Waals surface area (Å²) in [7, 11) is 0. The lowest BCUT2D eigenvalue weighted by Gasteiger charge is -2.33. The Morgan fingerprint density at radius 3 is 2.78 bits per heavy atom. The first-order valence-corrected chi connectivity index (χ1v) is 5.52. The van der Waals surface area contributed by atoms with E-state index in [0.717, 1.165) is 4.90 Å². The summed E-state index contributed by atoms with van der Waals surface area (Å²) in [6.45, 7) is 1.87. The zero-order chi connectivity index (χ0) is 13.7. The van der Waals surface area contributed by atoms with E-state index >= 15 is 0 Å². The van der Waals surface area contributed by atoms with Crippen molar-refractivity contribution in [3.63, 3.8) is 0 Å². The van der Waals surface area contributed by atoms with Gasteiger partial charge in [-0.05, 0) is 6.92 Å². The van der Waals surface area contributed by atoms with Gasteiger partial charge < -0.3 is 25.2 Å². The molecule has 0 aromatic rings. The van der Waals surface area contributed by atoms with Gasteiger partial charge in [0.1, 0.15) is 0 Å². The number of carboxylic acids is 1. The Labute approximate surface area is 104 Å². The fourth-order valence-corrected chi connectivity index (χ4v) is 1.58. The molecule has 0 aromatic heterocycles. The molecule has 102 valence electrons. The fraction of sp³-hybridized carbons (Fsp3) is 0.700. The fourth-order valence-electron chi connectivity index (χ4n) is 1.58. The molecule has 1 aliphatic heterocycles. The molecule has 0 radical (unpaired) electrons. The van der Waals surface area contributed by atoms with E-state index in [4.69, 9.17) is 15.6 Å². The summed E-state index contributed by atoms with van der Waals surface area (Å²) < 4.78 is 9.60. The lowest BCUT2D eigenvalue weighted by Crippen LogP contribution is -2.58. The van der Waals surface area contributed by atoms with Crippen molar-refractivity contribution < 1.29 is 29.0 Å². The van der Waals surface area contributed by atoms with Crippen molar-refractivity contribution >= 4 is 17.8 Å². The molecule has 0 aromatic carbocycles. The number of aliphatic carboxylic acids is 1. The average molecular weight is 260 g/mol. The van der Waals surface area contributed by atoms with Gasteiger partial charge in [-0.25, -0.2) is 9.59 Å². The summed E-state index contributed by atoms with van der Waals surface area (Å²) in [5.41, 5.74) is 5.44. The normalized spacial score (nSPS) is 21.2. The van der Waals surface area contributed by atoms with Crippen LogP contribution in [0.15, 0.2) is 0 Å². The Morgan fingerprint density at radius 2 is 2.22 bits per heavy atom. The number of carbonyl (C=O) groups excluding carboxylic acids is 2. The zero-order valence-corrected chi connectivity index (χ0v) is 10.00. The number of rotatable bonds is 4. The van der Waals surface area contributed by atoms with E-state index in [2.05, 4.69) is 4.74 Å². The van der Waals surface area contributed by atoms with Gasteiger partial charge in [-0.15, -0.1) is 0 Å². The lowest BCUT2D eigenvalue weighted by atomic mass is 10.2. The van der Waals surface area contributed by atoms with E-state index in [1.165, 1.54) is 0 Å². The van der Waals surface area contributed by atoms with Crippen LogP contribution in [0.4, 0.5) is 0 Å². The van der Waals surface area contributed by atoms with Crippen LogP contribution in [0.25, 0.3) is 0 Å². The minimum Gasteiger partial charge on any atom is -0.480 e. The minimum absolute atomic E-state index is 0.0862. The molecule has 1 aliphatic rings. The van der Waals surface area contributed by atoms with Gasteiger partial charge in [0.05, 0.1) is 19.8 Å². The first-order valence-electron chi connectivity index (χ1n) is 5.52. The highest BCUT2D eigenvalue weighted by atomic mass is 16.5. The van der Waals surface area contributed by atoms with E-state index in [1.807, 2.05) is 0 Å². The van der Waals surface area contributed by atoms with Crippen molar-refractivity contribution in [3.05, 3.63) is 0 Å². The van der Waals surface area contributed by atoms with Crippen molar-refractivity contribution in [1.29, 1.82) is 0 Å². The van der Waals surface area contributed by atoms with Gasteiger partial charge in [-0.3, -0.25) is 4.79 Å². The van der Waals surface area contributed by atoms with Crippen LogP contribution in [0.2, 0.25) is 0 Å². The average Bonchev–Trinajstić information content (AvgIpc) is 2.37. The Balaban J connectivity index is 2.74. The van der Waals surface area contributed by atoms with Gasteiger partial charge in [0.2, 0.25) is 0 Å². The molecule has 1 amide bonds. The molecule has 1 fully saturated rings. The van der Waals surface area contributed by atoms with Crippen LogP contribution in [0.1, 0.15) is 6.92 Å². The Kier molecular flexibility index (Phi) is 5.05. The summed E-state index contributed by atoms with van der Waals surface area (Å²) >= 11 is 0. The molecular weight excluding hydrogens is 244 g/mol. The number of nitrogens with zero attached hydrogens (tertiary/aromatic N) is 1. The Morgan fingerprint density at radius 1 is 1.56 bits per heavy atom. The number of carboxylic acid groups (broad SMARTS) is 1. The second-order valence-corrected chi connectivity index (χ2v) is 3.69. The number of esters is 1. The second-order valence-electron chi connectivity index (χ2n) is 3.69. The predicted octanol–water partition coefficient (Wildman–Crippen LogP) is -1.81. The van der Waals surface area contributed by atoms with Gasteiger partial charge in [-0.1, -0.05) is 0 Å². The monoisotopic (exact) mass is 260 g/mol. The molecule has 18 heavy (non-hydrogen) atoms. The van der Waals surface area contributed by atoms with Crippen molar-refractivity contribution in [2.45, 2.75) is 19.0 Å². The summed E-state index contributed by atoms with van der Waals surface area (Å²) in [4.78, 5) is 35.2. The largest absolute Gasteiger partial charge is 0.480 e. The van der Waals surface area contributed by atoms with E-state index < -0.39 is 29.9 Å². The van der Waals surface area contributed by atoms with Crippen LogP contribution in [-0.4, -0.2) is 66.3 Å². The number of hydrogen-bond acceptors (Lipinski definition) is 6. The third kappa shape index (κ3) is 3.17. The maximum absolute atomic E-state index is 11.9. The lowest BCUT2D eigenvalue weighted by molar-refractivity contribution is -0.163. The van der Waals surface area contributed by atoms with Crippen molar-refractivity contribution in [2.75, 3.05) is 26.4 Å². The van der Waals surface area contributed by atoms with Crippen LogP contribution < -0.4 is 5.73 Å². The topological polar surface area (TPSA) is 119 Å². The first kappa shape index (κ1) is 14.4. The maximum Gasteiger partial charge on any atom is 0.332 e. The van der Waals surface area contributed by atoms with E-state index in [9.17, 15) is 14.4 Å². The van der Waals surface area contributed by atoms with Crippen LogP contribution in [-0.2, 0) is 23.9 Å². The first-order chi connectivity index (χ1) is 8.49. The summed E-state index contributed by atoms with van der Waals surface area (Å²) in [6, 6.07) is -2.61. The number of morpholine rings is 1. The third-order valence-electron chi connectivity index (χ3n) is 2.50. The molecule has 0 aliphatic carbocycles. The molecule has 0 bridgehead atoms. The standard InChI is InChI=1S/C10H16N2O6/c1-2-18-10(16)7(11)8(13)12-3-4-17-5-6(12)9(14)15/h6-7H,2-5,11H2,1H3,(H,14,15). The molecule has 2 unspecified atom stereocenters. The summed E-state index contributed by atoms with van der Waals surface area (Å²) in [5, 5.41) is 8.95.